The van der Waals surface area contributed by atoms with Crippen LogP contribution in [0.4, 0.5) is 19.0 Å². The lowest BCUT2D eigenvalue weighted by atomic mass is 10.2. The van der Waals surface area contributed by atoms with E-state index in [1.165, 1.54) is 18.3 Å². The van der Waals surface area contributed by atoms with Crippen molar-refractivity contribution >= 4 is 5.82 Å². The van der Waals surface area contributed by atoms with E-state index < -0.39 is 17.8 Å². The zero-order valence-electron chi connectivity index (χ0n) is 12.4. The van der Waals surface area contributed by atoms with Crippen LogP contribution in [0, 0.1) is 11.3 Å². The highest BCUT2D eigenvalue weighted by molar-refractivity contribution is 5.51. The first kappa shape index (κ1) is 17.6. The molecule has 0 spiro atoms. The Labute approximate surface area is 136 Å². The number of nitriles is 1. The summed E-state index contributed by atoms with van der Waals surface area (Å²) in [4.78, 5) is 3.98. The number of benzene rings is 1. The summed E-state index contributed by atoms with van der Waals surface area (Å²) in [5.74, 6) is 0.561. The van der Waals surface area contributed by atoms with Gasteiger partial charge in [0.25, 0.3) is 0 Å². The molecule has 5 nitrogen and oxygen atoms in total. The summed E-state index contributed by atoms with van der Waals surface area (Å²) in [7, 11) is 0. The SMILES string of the molecule is N#Cc1cccnc1NCC(O)COc1ccc(C(F)(F)F)cc1. The Hall–Kier alpha value is -2.79. The van der Waals surface area contributed by atoms with E-state index in [-0.39, 0.29) is 18.9 Å². The highest BCUT2D eigenvalue weighted by atomic mass is 19.4. The number of nitrogens with zero attached hydrogens (tertiary/aromatic N) is 2. The molecule has 1 atom stereocenters. The van der Waals surface area contributed by atoms with Gasteiger partial charge >= 0.3 is 6.18 Å². The third kappa shape index (κ3) is 4.86. The maximum absolute atomic E-state index is 12.4. The Balaban J connectivity index is 1.83. The fraction of sp³-hybridized carbons (Fsp3) is 0.250. The molecule has 24 heavy (non-hydrogen) atoms. The minimum absolute atomic E-state index is 0.0757. The number of rotatable bonds is 6. The van der Waals surface area contributed by atoms with Gasteiger partial charge in [-0.15, -0.1) is 0 Å². The van der Waals surface area contributed by atoms with Gasteiger partial charge in [0.15, 0.2) is 0 Å². The molecule has 0 radical (unpaired) electrons. The lowest BCUT2D eigenvalue weighted by Crippen LogP contribution is -2.26. The van der Waals surface area contributed by atoms with E-state index >= 15 is 0 Å². The van der Waals surface area contributed by atoms with Crippen molar-refractivity contribution in [3.63, 3.8) is 0 Å². The Morgan fingerprint density at radius 3 is 2.58 bits per heavy atom. The lowest BCUT2D eigenvalue weighted by Gasteiger charge is -2.14. The van der Waals surface area contributed by atoms with Crippen LogP contribution in [0.5, 0.6) is 5.75 Å². The molecule has 0 saturated heterocycles. The smallest absolute Gasteiger partial charge is 0.416 e. The lowest BCUT2D eigenvalue weighted by molar-refractivity contribution is -0.137. The second-order valence-corrected chi connectivity index (χ2v) is 4.88. The van der Waals surface area contributed by atoms with Crippen molar-refractivity contribution in [2.24, 2.45) is 0 Å². The van der Waals surface area contributed by atoms with Crippen molar-refractivity contribution in [1.29, 1.82) is 5.26 Å². The molecule has 0 saturated carbocycles. The highest BCUT2D eigenvalue weighted by Crippen LogP contribution is 2.30. The largest absolute Gasteiger partial charge is 0.491 e. The molecular formula is C16H14F3N3O2. The van der Waals surface area contributed by atoms with Crippen molar-refractivity contribution in [3.05, 3.63) is 53.7 Å². The number of nitrogens with one attached hydrogen (secondary N) is 1. The topological polar surface area (TPSA) is 78.2 Å². The molecule has 0 fully saturated rings. The van der Waals surface area contributed by atoms with Gasteiger partial charge in [-0.3, -0.25) is 0 Å². The number of aliphatic hydroxyl groups excluding tert-OH is 1. The Kier molecular flexibility index (Phi) is 5.60. The summed E-state index contributed by atoms with van der Waals surface area (Å²) in [5.41, 5.74) is -0.426. The average molecular weight is 337 g/mol. The van der Waals surface area contributed by atoms with Crippen LogP contribution in [0.2, 0.25) is 0 Å². The van der Waals surface area contributed by atoms with Gasteiger partial charge in [0.1, 0.15) is 30.3 Å². The summed E-state index contributed by atoms with van der Waals surface area (Å²) >= 11 is 0. The molecule has 1 aromatic carbocycles. The van der Waals surface area contributed by atoms with Crippen LogP contribution in [-0.2, 0) is 6.18 Å². The van der Waals surface area contributed by atoms with Gasteiger partial charge in [-0.05, 0) is 36.4 Å². The minimum atomic E-state index is -4.40. The normalized spacial score (nSPS) is 12.3. The van der Waals surface area contributed by atoms with Crippen LogP contribution < -0.4 is 10.1 Å². The predicted octanol–water partition coefficient (Wildman–Crippen LogP) is 2.82. The second kappa shape index (κ2) is 7.66. The van der Waals surface area contributed by atoms with E-state index in [1.807, 2.05) is 6.07 Å². The third-order valence-electron chi connectivity index (χ3n) is 3.06. The van der Waals surface area contributed by atoms with Crippen molar-refractivity contribution in [1.82, 2.24) is 4.98 Å². The summed E-state index contributed by atoms with van der Waals surface area (Å²) in [6.45, 7) is -0.0422. The summed E-state index contributed by atoms with van der Waals surface area (Å²) in [5, 5.41) is 21.6. The van der Waals surface area contributed by atoms with Gasteiger partial charge in [-0.1, -0.05) is 0 Å². The van der Waals surface area contributed by atoms with Gasteiger partial charge in [-0.25, -0.2) is 4.98 Å². The number of hydrogen-bond donors (Lipinski definition) is 2. The van der Waals surface area contributed by atoms with Crippen LogP contribution in [0.15, 0.2) is 42.6 Å². The van der Waals surface area contributed by atoms with Crippen LogP contribution in [0.25, 0.3) is 0 Å². The monoisotopic (exact) mass is 337 g/mol. The Morgan fingerprint density at radius 1 is 1.25 bits per heavy atom. The van der Waals surface area contributed by atoms with Gasteiger partial charge in [0.2, 0.25) is 0 Å². The van der Waals surface area contributed by atoms with Crippen LogP contribution in [0.1, 0.15) is 11.1 Å². The van der Waals surface area contributed by atoms with Crippen LogP contribution in [0.3, 0.4) is 0 Å². The maximum atomic E-state index is 12.4. The van der Waals surface area contributed by atoms with Crippen molar-refractivity contribution in [3.8, 4) is 11.8 Å². The van der Waals surface area contributed by atoms with Gasteiger partial charge in [-0.2, -0.15) is 18.4 Å². The molecule has 126 valence electrons. The standard InChI is InChI=1S/C16H14F3N3O2/c17-16(18,19)12-3-5-14(6-4-12)24-10-13(23)9-22-15-11(8-20)2-1-7-21-15/h1-7,13,23H,9-10H2,(H,21,22). The molecule has 1 unspecified atom stereocenters. The molecule has 0 bridgehead atoms. The van der Waals surface area contributed by atoms with Gasteiger partial charge in [0.05, 0.1) is 11.1 Å². The number of alkyl halides is 3. The zero-order chi connectivity index (χ0) is 17.6. The summed E-state index contributed by atoms with van der Waals surface area (Å²) < 4.78 is 42.6. The van der Waals surface area contributed by atoms with Gasteiger partial charge < -0.3 is 15.2 Å². The second-order valence-electron chi connectivity index (χ2n) is 4.88. The Bertz CT molecular complexity index is 712. The van der Waals surface area contributed by atoms with E-state index in [1.54, 1.807) is 12.1 Å². The van der Waals surface area contributed by atoms with E-state index in [9.17, 15) is 18.3 Å². The fourth-order valence-corrected chi connectivity index (χ4v) is 1.84. The van der Waals surface area contributed by atoms with E-state index in [2.05, 4.69) is 10.3 Å². The minimum Gasteiger partial charge on any atom is -0.491 e. The van der Waals surface area contributed by atoms with E-state index in [0.717, 1.165) is 12.1 Å². The molecule has 0 aliphatic heterocycles. The number of halogens is 3. The fourth-order valence-electron chi connectivity index (χ4n) is 1.84. The average Bonchev–Trinajstić information content (AvgIpc) is 2.58. The number of hydrogen-bond acceptors (Lipinski definition) is 5. The van der Waals surface area contributed by atoms with Crippen molar-refractivity contribution in [2.45, 2.75) is 12.3 Å². The van der Waals surface area contributed by atoms with Crippen molar-refractivity contribution in [2.75, 3.05) is 18.5 Å². The number of anilines is 1. The molecule has 2 N–H and O–H groups in total. The van der Waals surface area contributed by atoms with Crippen LogP contribution >= 0.6 is 0 Å². The first-order chi connectivity index (χ1) is 11.4. The van der Waals surface area contributed by atoms with Gasteiger partial charge in [0, 0.05) is 12.7 Å². The van der Waals surface area contributed by atoms with Crippen LogP contribution in [-0.4, -0.2) is 29.3 Å². The van der Waals surface area contributed by atoms with Crippen molar-refractivity contribution < 1.29 is 23.0 Å². The number of aromatic nitrogens is 1. The highest BCUT2D eigenvalue weighted by Gasteiger charge is 2.30. The number of ether oxygens (including phenoxy) is 1. The molecule has 1 heterocycles. The molecule has 0 amide bonds. The molecule has 0 aliphatic rings. The Morgan fingerprint density at radius 2 is 1.96 bits per heavy atom. The first-order valence-corrected chi connectivity index (χ1v) is 6.97. The molecule has 8 heteroatoms. The quantitative estimate of drug-likeness (QED) is 0.847. The molecular weight excluding hydrogens is 323 g/mol. The number of aliphatic hydroxyl groups is 1. The predicted molar refractivity (Wildman–Crippen MR) is 80.4 cm³/mol. The maximum Gasteiger partial charge on any atom is 0.416 e. The molecule has 1 aromatic heterocycles. The molecule has 2 aromatic rings. The zero-order valence-corrected chi connectivity index (χ0v) is 12.4. The van der Waals surface area contributed by atoms with E-state index in [4.69, 9.17) is 10.00 Å². The number of pyridine rings is 1. The van der Waals surface area contributed by atoms with E-state index in [0.29, 0.717) is 11.4 Å². The first-order valence-electron chi connectivity index (χ1n) is 6.97. The third-order valence-corrected chi connectivity index (χ3v) is 3.06. The molecule has 2 rings (SSSR count). The molecule has 0 aliphatic carbocycles. The summed E-state index contributed by atoms with van der Waals surface area (Å²) in [6.07, 6.45) is -3.82. The summed E-state index contributed by atoms with van der Waals surface area (Å²) in [6, 6.07) is 9.37.